The number of carbonyl (C=O) groups is 1. The Labute approximate surface area is 115 Å². The Morgan fingerprint density at radius 1 is 1.42 bits per heavy atom. The van der Waals surface area contributed by atoms with Crippen molar-refractivity contribution < 1.29 is 4.79 Å². The SMILES string of the molecule is CCCNC(C)c1ccccc1N1CCCNC1=O. The molecule has 1 fully saturated rings. The van der Waals surface area contributed by atoms with Gasteiger partial charge in [0.1, 0.15) is 0 Å². The van der Waals surface area contributed by atoms with Crippen molar-refractivity contribution >= 4 is 11.7 Å². The molecule has 2 amide bonds. The van der Waals surface area contributed by atoms with Crippen LogP contribution in [0.2, 0.25) is 0 Å². The third-order valence-electron chi connectivity index (χ3n) is 3.47. The van der Waals surface area contributed by atoms with E-state index in [0.717, 1.165) is 38.2 Å². The van der Waals surface area contributed by atoms with Gasteiger partial charge in [-0.1, -0.05) is 25.1 Å². The third-order valence-corrected chi connectivity index (χ3v) is 3.47. The summed E-state index contributed by atoms with van der Waals surface area (Å²) >= 11 is 0. The quantitative estimate of drug-likeness (QED) is 0.856. The summed E-state index contributed by atoms with van der Waals surface area (Å²) in [5.74, 6) is 0. The summed E-state index contributed by atoms with van der Waals surface area (Å²) in [7, 11) is 0. The number of para-hydroxylation sites is 1. The first-order valence-electron chi connectivity index (χ1n) is 7.11. The molecule has 104 valence electrons. The largest absolute Gasteiger partial charge is 0.338 e. The molecule has 2 N–H and O–H groups in total. The van der Waals surface area contributed by atoms with Gasteiger partial charge in [-0.05, 0) is 37.9 Å². The van der Waals surface area contributed by atoms with Crippen LogP contribution in [0.1, 0.15) is 38.3 Å². The molecular weight excluding hydrogens is 238 g/mol. The molecule has 0 radical (unpaired) electrons. The van der Waals surface area contributed by atoms with E-state index >= 15 is 0 Å². The molecule has 0 spiro atoms. The Morgan fingerprint density at radius 3 is 2.95 bits per heavy atom. The van der Waals surface area contributed by atoms with Crippen LogP contribution in [-0.4, -0.2) is 25.7 Å². The Kier molecular flexibility index (Phi) is 4.80. The highest BCUT2D eigenvalue weighted by Gasteiger charge is 2.22. The summed E-state index contributed by atoms with van der Waals surface area (Å²) < 4.78 is 0. The maximum atomic E-state index is 12.0. The minimum atomic E-state index is 0.0152. The lowest BCUT2D eigenvalue weighted by Gasteiger charge is -2.30. The summed E-state index contributed by atoms with van der Waals surface area (Å²) in [4.78, 5) is 13.8. The van der Waals surface area contributed by atoms with Crippen molar-refractivity contribution in [2.45, 2.75) is 32.7 Å². The van der Waals surface area contributed by atoms with E-state index in [1.807, 2.05) is 23.1 Å². The van der Waals surface area contributed by atoms with Gasteiger partial charge < -0.3 is 10.6 Å². The van der Waals surface area contributed by atoms with Gasteiger partial charge in [0.05, 0.1) is 5.69 Å². The molecule has 1 aliphatic heterocycles. The topological polar surface area (TPSA) is 44.4 Å². The zero-order valence-corrected chi connectivity index (χ0v) is 11.8. The van der Waals surface area contributed by atoms with Crippen molar-refractivity contribution in [1.29, 1.82) is 0 Å². The smallest absolute Gasteiger partial charge is 0.321 e. The summed E-state index contributed by atoms with van der Waals surface area (Å²) in [6.07, 6.45) is 2.10. The summed E-state index contributed by atoms with van der Waals surface area (Å²) in [5, 5.41) is 6.39. The summed E-state index contributed by atoms with van der Waals surface area (Å²) in [6.45, 7) is 6.87. The molecule has 1 aromatic carbocycles. The molecule has 2 rings (SSSR count). The number of nitrogens with one attached hydrogen (secondary N) is 2. The molecule has 1 aromatic rings. The molecule has 0 bridgehead atoms. The summed E-state index contributed by atoms with van der Waals surface area (Å²) in [6, 6.07) is 8.43. The lowest BCUT2D eigenvalue weighted by atomic mass is 10.0. The van der Waals surface area contributed by atoms with Crippen LogP contribution in [0.5, 0.6) is 0 Å². The number of carbonyl (C=O) groups excluding carboxylic acids is 1. The maximum absolute atomic E-state index is 12.0. The average Bonchev–Trinajstić information content (AvgIpc) is 2.45. The first-order chi connectivity index (χ1) is 9.24. The van der Waals surface area contributed by atoms with Crippen molar-refractivity contribution in [2.24, 2.45) is 0 Å². The minimum Gasteiger partial charge on any atom is -0.338 e. The molecule has 4 heteroatoms. The molecule has 0 aliphatic carbocycles. The number of urea groups is 1. The Balaban J connectivity index is 2.22. The highest BCUT2D eigenvalue weighted by atomic mass is 16.2. The predicted octanol–water partition coefficient (Wildman–Crippen LogP) is 2.67. The lowest BCUT2D eigenvalue weighted by Crippen LogP contribution is -2.47. The van der Waals surface area contributed by atoms with Gasteiger partial charge in [-0.3, -0.25) is 4.90 Å². The molecule has 1 aliphatic rings. The Morgan fingerprint density at radius 2 is 2.21 bits per heavy atom. The molecule has 1 unspecified atom stereocenters. The number of nitrogens with zero attached hydrogens (tertiary/aromatic N) is 1. The molecule has 1 saturated heterocycles. The van der Waals surface area contributed by atoms with Gasteiger partial charge in [0, 0.05) is 19.1 Å². The Hall–Kier alpha value is -1.55. The van der Waals surface area contributed by atoms with Crippen LogP contribution >= 0.6 is 0 Å². The highest BCUT2D eigenvalue weighted by Crippen LogP contribution is 2.27. The number of hydrogen-bond acceptors (Lipinski definition) is 2. The van der Waals surface area contributed by atoms with Crippen LogP contribution in [-0.2, 0) is 0 Å². The fourth-order valence-corrected chi connectivity index (χ4v) is 2.43. The number of hydrogen-bond donors (Lipinski definition) is 2. The standard InChI is InChI=1S/C15H23N3O/c1-3-9-16-12(2)13-7-4-5-8-14(13)18-11-6-10-17-15(18)19/h4-5,7-8,12,16H,3,6,9-11H2,1-2H3,(H,17,19). The van der Waals surface area contributed by atoms with Crippen LogP contribution in [0.4, 0.5) is 10.5 Å². The first-order valence-corrected chi connectivity index (χ1v) is 7.11. The summed E-state index contributed by atoms with van der Waals surface area (Å²) in [5.41, 5.74) is 2.21. The zero-order valence-electron chi connectivity index (χ0n) is 11.8. The van der Waals surface area contributed by atoms with Crippen LogP contribution in [0, 0.1) is 0 Å². The average molecular weight is 261 g/mol. The molecule has 0 aromatic heterocycles. The van der Waals surface area contributed by atoms with Crippen LogP contribution in [0.15, 0.2) is 24.3 Å². The normalized spacial score (nSPS) is 17.2. The van der Waals surface area contributed by atoms with Gasteiger partial charge in [0.25, 0.3) is 0 Å². The van der Waals surface area contributed by atoms with E-state index in [1.165, 1.54) is 5.56 Å². The van der Waals surface area contributed by atoms with Crippen molar-refractivity contribution in [3.63, 3.8) is 0 Å². The number of anilines is 1. The van der Waals surface area contributed by atoms with Crippen molar-refractivity contribution in [3.8, 4) is 0 Å². The number of benzene rings is 1. The van der Waals surface area contributed by atoms with E-state index in [1.54, 1.807) is 0 Å². The fraction of sp³-hybridized carbons (Fsp3) is 0.533. The molecular formula is C15H23N3O. The van der Waals surface area contributed by atoms with Gasteiger partial charge in [-0.15, -0.1) is 0 Å². The van der Waals surface area contributed by atoms with E-state index in [9.17, 15) is 4.79 Å². The predicted molar refractivity (Wildman–Crippen MR) is 78.5 cm³/mol. The van der Waals surface area contributed by atoms with E-state index in [-0.39, 0.29) is 12.1 Å². The second-order valence-electron chi connectivity index (χ2n) is 4.97. The van der Waals surface area contributed by atoms with Crippen LogP contribution < -0.4 is 15.5 Å². The van der Waals surface area contributed by atoms with E-state index < -0.39 is 0 Å². The maximum Gasteiger partial charge on any atom is 0.321 e. The van der Waals surface area contributed by atoms with E-state index in [0.29, 0.717) is 0 Å². The number of amides is 2. The lowest BCUT2D eigenvalue weighted by molar-refractivity contribution is 0.243. The van der Waals surface area contributed by atoms with Gasteiger partial charge in [-0.2, -0.15) is 0 Å². The third kappa shape index (κ3) is 3.26. The van der Waals surface area contributed by atoms with Crippen molar-refractivity contribution in [2.75, 3.05) is 24.5 Å². The van der Waals surface area contributed by atoms with Gasteiger partial charge >= 0.3 is 6.03 Å². The first kappa shape index (κ1) is 13.9. The van der Waals surface area contributed by atoms with Gasteiger partial charge in [0.2, 0.25) is 0 Å². The minimum absolute atomic E-state index is 0.0152. The van der Waals surface area contributed by atoms with Crippen molar-refractivity contribution in [3.05, 3.63) is 29.8 Å². The fourth-order valence-electron chi connectivity index (χ4n) is 2.43. The van der Waals surface area contributed by atoms with Crippen LogP contribution in [0.25, 0.3) is 0 Å². The highest BCUT2D eigenvalue weighted by molar-refractivity contribution is 5.93. The second-order valence-corrected chi connectivity index (χ2v) is 4.97. The second kappa shape index (κ2) is 6.57. The molecule has 0 saturated carbocycles. The monoisotopic (exact) mass is 261 g/mol. The van der Waals surface area contributed by atoms with Crippen LogP contribution in [0.3, 0.4) is 0 Å². The Bertz CT molecular complexity index is 433. The molecule has 4 nitrogen and oxygen atoms in total. The van der Waals surface area contributed by atoms with E-state index in [4.69, 9.17) is 0 Å². The molecule has 1 atom stereocenters. The zero-order chi connectivity index (χ0) is 13.7. The molecule has 19 heavy (non-hydrogen) atoms. The van der Waals surface area contributed by atoms with E-state index in [2.05, 4.69) is 30.5 Å². The number of rotatable bonds is 5. The van der Waals surface area contributed by atoms with Crippen molar-refractivity contribution in [1.82, 2.24) is 10.6 Å². The van der Waals surface area contributed by atoms with Gasteiger partial charge in [-0.25, -0.2) is 4.79 Å². The molecule has 1 heterocycles. The van der Waals surface area contributed by atoms with Gasteiger partial charge in [0.15, 0.2) is 0 Å².